The molecule has 3 fully saturated rings. The molecule has 0 radical (unpaired) electrons. The summed E-state index contributed by atoms with van der Waals surface area (Å²) in [6.45, 7) is 3.22. The van der Waals surface area contributed by atoms with Crippen LogP contribution >= 0.6 is 0 Å². The van der Waals surface area contributed by atoms with Gasteiger partial charge in [0.1, 0.15) is 17.2 Å². The summed E-state index contributed by atoms with van der Waals surface area (Å²) in [6.07, 6.45) is 6.41. The maximum atomic E-state index is 14.9. The average molecular weight is 466 g/mol. The summed E-state index contributed by atoms with van der Waals surface area (Å²) in [4.78, 5) is 38.4. The third-order valence-corrected chi connectivity index (χ3v) is 7.49. The first-order valence-corrected chi connectivity index (χ1v) is 12.1. The van der Waals surface area contributed by atoms with Gasteiger partial charge >= 0.3 is 0 Å². The van der Waals surface area contributed by atoms with Crippen molar-refractivity contribution < 1.29 is 14.0 Å². The van der Waals surface area contributed by atoms with Crippen LogP contribution < -0.4 is 25.8 Å². The van der Waals surface area contributed by atoms with Crippen LogP contribution in [0.15, 0.2) is 24.4 Å². The molecule has 2 aromatic rings. The SMILES string of the molecule is O=C1CC2(Cc3cnc(Nc4ccc(N5CCNCC5)c(F)c4)nc3N2C2CCCC2)C(=O)N1. The number of hydrogen-bond donors (Lipinski definition) is 3. The second-order valence-electron chi connectivity index (χ2n) is 9.64. The summed E-state index contributed by atoms with van der Waals surface area (Å²) in [5.41, 5.74) is 1.10. The van der Waals surface area contributed by atoms with E-state index < -0.39 is 5.54 Å². The first-order chi connectivity index (χ1) is 16.5. The van der Waals surface area contributed by atoms with E-state index in [1.54, 1.807) is 12.3 Å². The van der Waals surface area contributed by atoms with Gasteiger partial charge < -0.3 is 20.4 Å². The number of nitrogens with one attached hydrogen (secondary N) is 3. The van der Waals surface area contributed by atoms with E-state index in [0.717, 1.165) is 57.4 Å². The van der Waals surface area contributed by atoms with Gasteiger partial charge in [-0.1, -0.05) is 12.8 Å². The Labute approximate surface area is 197 Å². The van der Waals surface area contributed by atoms with Crippen LogP contribution in [0.3, 0.4) is 0 Å². The lowest BCUT2D eigenvalue weighted by molar-refractivity contribution is -0.126. The lowest BCUT2D eigenvalue weighted by Crippen LogP contribution is -2.56. The molecule has 1 aromatic carbocycles. The van der Waals surface area contributed by atoms with Gasteiger partial charge in [0.25, 0.3) is 5.91 Å². The van der Waals surface area contributed by atoms with Crippen molar-refractivity contribution in [2.75, 3.05) is 41.3 Å². The number of piperazine rings is 1. The quantitative estimate of drug-likeness (QED) is 0.588. The minimum absolute atomic E-state index is 0.139. The Balaban J connectivity index is 1.29. The number of benzene rings is 1. The van der Waals surface area contributed by atoms with Gasteiger partial charge in [-0.3, -0.25) is 14.9 Å². The van der Waals surface area contributed by atoms with Gasteiger partial charge in [-0.2, -0.15) is 4.98 Å². The van der Waals surface area contributed by atoms with E-state index in [1.165, 1.54) is 6.07 Å². The molecule has 1 unspecified atom stereocenters. The summed E-state index contributed by atoms with van der Waals surface area (Å²) in [6, 6.07) is 5.24. The largest absolute Gasteiger partial charge is 0.367 e. The number of anilines is 4. The number of rotatable bonds is 4. The Hall–Kier alpha value is -3.27. The van der Waals surface area contributed by atoms with Crippen LogP contribution in [0.1, 0.15) is 37.7 Å². The van der Waals surface area contributed by atoms with Crippen LogP contribution in [0.2, 0.25) is 0 Å². The molecule has 34 heavy (non-hydrogen) atoms. The molecule has 178 valence electrons. The van der Waals surface area contributed by atoms with Crippen LogP contribution in [0.4, 0.5) is 27.5 Å². The summed E-state index contributed by atoms with van der Waals surface area (Å²) in [5.74, 6) is 0.264. The third-order valence-electron chi connectivity index (χ3n) is 7.49. The number of nitrogens with zero attached hydrogens (tertiary/aromatic N) is 4. The van der Waals surface area contributed by atoms with Gasteiger partial charge in [-0.25, -0.2) is 9.37 Å². The van der Waals surface area contributed by atoms with E-state index in [-0.39, 0.29) is 30.1 Å². The highest BCUT2D eigenvalue weighted by Crippen LogP contribution is 2.46. The molecule has 4 aliphatic rings. The zero-order chi connectivity index (χ0) is 23.3. The van der Waals surface area contributed by atoms with Crippen molar-refractivity contribution in [2.45, 2.75) is 50.1 Å². The number of fused-ring (bicyclic) bond motifs is 1. The topological polar surface area (TPSA) is 102 Å². The Kier molecular flexibility index (Phi) is 5.13. The number of imide groups is 1. The first-order valence-electron chi connectivity index (χ1n) is 12.1. The number of amides is 2. The lowest BCUT2D eigenvalue weighted by Gasteiger charge is -2.38. The molecule has 1 aliphatic carbocycles. The number of carbonyl (C=O) groups is 2. The molecule has 4 heterocycles. The van der Waals surface area contributed by atoms with Crippen LogP contribution in [0, 0.1) is 5.82 Å². The minimum atomic E-state index is -0.918. The summed E-state index contributed by atoms with van der Waals surface area (Å²) in [5, 5.41) is 8.90. The maximum Gasteiger partial charge on any atom is 0.253 e. The van der Waals surface area contributed by atoms with Gasteiger partial charge in [-0.15, -0.1) is 0 Å². The highest BCUT2D eigenvalue weighted by molar-refractivity contribution is 6.11. The van der Waals surface area contributed by atoms with Gasteiger partial charge in [0.05, 0.1) is 12.1 Å². The molecule has 3 aliphatic heterocycles. The van der Waals surface area contributed by atoms with Crippen LogP contribution in [-0.4, -0.2) is 59.5 Å². The first kappa shape index (κ1) is 21.3. The molecule has 6 rings (SSSR count). The molecule has 2 saturated heterocycles. The Morgan fingerprint density at radius 2 is 1.91 bits per heavy atom. The zero-order valence-electron chi connectivity index (χ0n) is 18.9. The van der Waals surface area contributed by atoms with E-state index in [1.807, 2.05) is 11.0 Å². The molecular weight excluding hydrogens is 437 g/mol. The van der Waals surface area contributed by atoms with Crippen LogP contribution in [0.25, 0.3) is 0 Å². The summed E-state index contributed by atoms with van der Waals surface area (Å²) >= 11 is 0. The average Bonchev–Trinajstić information content (AvgIpc) is 3.52. The van der Waals surface area contributed by atoms with E-state index >= 15 is 0 Å². The molecule has 10 heteroatoms. The Bertz CT molecular complexity index is 1150. The number of hydrogen-bond acceptors (Lipinski definition) is 8. The second-order valence-corrected chi connectivity index (χ2v) is 9.64. The Morgan fingerprint density at radius 3 is 2.62 bits per heavy atom. The molecule has 1 spiro atoms. The van der Waals surface area contributed by atoms with Crippen molar-refractivity contribution >= 4 is 35.0 Å². The summed E-state index contributed by atoms with van der Waals surface area (Å²) in [7, 11) is 0. The number of aromatic nitrogens is 2. The smallest absolute Gasteiger partial charge is 0.253 e. The zero-order valence-corrected chi connectivity index (χ0v) is 18.9. The van der Waals surface area contributed by atoms with Crippen molar-refractivity contribution in [3.8, 4) is 0 Å². The lowest BCUT2D eigenvalue weighted by atomic mass is 9.91. The normalized spacial score (nSPS) is 24.7. The van der Waals surface area contributed by atoms with Gasteiger partial charge in [0, 0.05) is 56.1 Å². The molecule has 2 amide bonds. The number of carbonyl (C=O) groups excluding carboxylic acids is 2. The summed E-state index contributed by atoms with van der Waals surface area (Å²) < 4.78 is 14.9. The highest BCUT2D eigenvalue weighted by atomic mass is 19.1. The van der Waals surface area contributed by atoms with Crippen LogP contribution in [0.5, 0.6) is 0 Å². The van der Waals surface area contributed by atoms with Gasteiger partial charge in [0.15, 0.2) is 0 Å². The van der Waals surface area contributed by atoms with Crippen molar-refractivity contribution in [2.24, 2.45) is 0 Å². The van der Waals surface area contributed by atoms with E-state index in [2.05, 4.69) is 25.8 Å². The fourth-order valence-corrected chi connectivity index (χ4v) is 5.93. The molecule has 3 N–H and O–H groups in total. The monoisotopic (exact) mass is 465 g/mol. The second kappa shape index (κ2) is 8.19. The van der Waals surface area contributed by atoms with Crippen molar-refractivity contribution in [3.63, 3.8) is 0 Å². The molecule has 0 bridgehead atoms. The molecule has 1 saturated carbocycles. The Morgan fingerprint density at radius 1 is 1.12 bits per heavy atom. The molecular formula is C24H28FN7O2. The third kappa shape index (κ3) is 3.48. The molecule has 1 aromatic heterocycles. The minimum Gasteiger partial charge on any atom is -0.367 e. The van der Waals surface area contributed by atoms with E-state index in [0.29, 0.717) is 29.6 Å². The predicted molar refractivity (Wildman–Crippen MR) is 126 cm³/mol. The van der Waals surface area contributed by atoms with Crippen LogP contribution in [-0.2, 0) is 16.0 Å². The van der Waals surface area contributed by atoms with Gasteiger partial charge in [-0.05, 0) is 31.0 Å². The maximum absolute atomic E-state index is 14.9. The number of halogens is 1. The standard InChI is InChI=1S/C24H28FN7O2/c25-18-11-16(5-6-19(18)31-9-7-26-8-10-31)28-23-27-14-15-12-24(13-20(33)29-22(24)34)32(21(15)30-23)17-3-1-2-4-17/h5-6,11,14,17,26H,1-4,7-10,12-13H2,(H,27,28,30)(H,29,33,34). The van der Waals surface area contributed by atoms with Gasteiger partial charge in [0.2, 0.25) is 11.9 Å². The fraction of sp³-hybridized carbons (Fsp3) is 0.500. The highest BCUT2D eigenvalue weighted by Gasteiger charge is 2.58. The van der Waals surface area contributed by atoms with E-state index in [4.69, 9.17) is 4.98 Å². The van der Waals surface area contributed by atoms with E-state index in [9.17, 15) is 14.0 Å². The molecule has 9 nitrogen and oxygen atoms in total. The predicted octanol–water partition coefficient (Wildman–Crippen LogP) is 1.86. The van der Waals surface area contributed by atoms with Crippen molar-refractivity contribution in [1.82, 2.24) is 20.6 Å². The fourth-order valence-electron chi connectivity index (χ4n) is 5.93. The van der Waals surface area contributed by atoms with Crippen molar-refractivity contribution in [1.29, 1.82) is 0 Å². The molecule has 1 atom stereocenters. The van der Waals surface area contributed by atoms with Crippen molar-refractivity contribution in [3.05, 3.63) is 35.8 Å².